The molecule has 0 amide bonds. The highest BCUT2D eigenvalue weighted by Gasteiger charge is 2.59. The van der Waals surface area contributed by atoms with Crippen molar-refractivity contribution in [2.24, 2.45) is 40.4 Å². The second-order valence-electron chi connectivity index (χ2n) is 13.0. The molecule has 8 atom stereocenters. The van der Waals surface area contributed by atoms with Crippen LogP contribution in [0.1, 0.15) is 106 Å². The van der Waals surface area contributed by atoms with Crippen LogP contribution >= 0.6 is 0 Å². The zero-order chi connectivity index (χ0) is 21.2. The van der Waals surface area contributed by atoms with E-state index in [0.717, 1.165) is 49.4 Å². The molecule has 166 valence electrons. The van der Waals surface area contributed by atoms with Crippen molar-refractivity contribution in [2.75, 3.05) is 0 Å². The maximum Gasteiger partial charge on any atom is 0.0657 e. The molecule has 4 rings (SSSR count). The van der Waals surface area contributed by atoms with Crippen LogP contribution < -0.4 is 0 Å². The molecular formula is C27H46O2. The molecule has 2 nitrogen and oxygen atoms in total. The first-order valence-corrected chi connectivity index (χ1v) is 12.5. The molecule has 0 saturated heterocycles. The second kappa shape index (κ2) is 7.09. The summed E-state index contributed by atoms with van der Waals surface area (Å²) in [6.45, 7) is 13.6. The van der Waals surface area contributed by atoms with Crippen molar-refractivity contribution in [3.05, 3.63) is 11.6 Å². The maximum atomic E-state index is 10.7. The maximum absolute atomic E-state index is 10.7. The largest absolute Gasteiger partial charge is 0.390 e. The Bertz CT molecular complexity index is 656. The van der Waals surface area contributed by atoms with E-state index < -0.39 is 11.2 Å². The van der Waals surface area contributed by atoms with Gasteiger partial charge in [-0.05, 0) is 125 Å². The summed E-state index contributed by atoms with van der Waals surface area (Å²) in [4.78, 5) is 0. The van der Waals surface area contributed by atoms with Crippen molar-refractivity contribution in [3.8, 4) is 0 Å². The van der Waals surface area contributed by atoms with Crippen LogP contribution in [-0.2, 0) is 0 Å². The summed E-state index contributed by atoms with van der Waals surface area (Å²) in [5.41, 5.74) is 1.37. The molecule has 3 fully saturated rings. The van der Waals surface area contributed by atoms with Crippen LogP contribution in [0.15, 0.2) is 11.6 Å². The molecule has 0 aromatic heterocycles. The Hall–Kier alpha value is -0.340. The van der Waals surface area contributed by atoms with Crippen LogP contribution in [0, 0.1) is 40.4 Å². The Morgan fingerprint density at radius 3 is 2.48 bits per heavy atom. The summed E-state index contributed by atoms with van der Waals surface area (Å²) in [6.07, 6.45) is 14.5. The van der Waals surface area contributed by atoms with Gasteiger partial charge in [0.25, 0.3) is 0 Å². The summed E-state index contributed by atoms with van der Waals surface area (Å²) < 4.78 is 0. The third-order valence-electron chi connectivity index (χ3n) is 10.4. The van der Waals surface area contributed by atoms with E-state index in [1.54, 1.807) is 5.57 Å². The summed E-state index contributed by atoms with van der Waals surface area (Å²) in [5, 5.41) is 20.9. The fourth-order valence-corrected chi connectivity index (χ4v) is 8.56. The quantitative estimate of drug-likeness (QED) is 0.527. The molecular weight excluding hydrogens is 356 g/mol. The lowest BCUT2D eigenvalue weighted by atomic mass is 9.46. The lowest BCUT2D eigenvalue weighted by Gasteiger charge is -2.59. The fraction of sp³-hybridized carbons (Fsp3) is 0.926. The predicted molar refractivity (Wildman–Crippen MR) is 121 cm³/mol. The van der Waals surface area contributed by atoms with Crippen LogP contribution in [0.2, 0.25) is 0 Å². The molecule has 4 aliphatic carbocycles. The minimum Gasteiger partial charge on any atom is -0.390 e. The van der Waals surface area contributed by atoms with Crippen molar-refractivity contribution in [2.45, 2.75) is 117 Å². The average Bonchev–Trinajstić information content (AvgIpc) is 2.97. The topological polar surface area (TPSA) is 40.5 Å². The van der Waals surface area contributed by atoms with Gasteiger partial charge in [-0.15, -0.1) is 0 Å². The Morgan fingerprint density at radius 2 is 1.79 bits per heavy atom. The van der Waals surface area contributed by atoms with E-state index in [1.807, 2.05) is 20.8 Å². The highest BCUT2D eigenvalue weighted by atomic mass is 16.3. The van der Waals surface area contributed by atoms with Gasteiger partial charge in [0.2, 0.25) is 0 Å². The van der Waals surface area contributed by atoms with Crippen molar-refractivity contribution in [1.29, 1.82) is 0 Å². The van der Waals surface area contributed by atoms with E-state index >= 15 is 0 Å². The Balaban J connectivity index is 1.53. The first-order chi connectivity index (χ1) is 13.4. The molecule has 0 aliphatic heterocycles. The standard InChI is InChI=1S/C27H46O2/c1-18(11-13-24(2,3)28)21-9-10-22-20-8-7-19-17-25(4,29)15-16-26(19,5)23(20)12-14-27(21,22)6/h7,18,20-23,28-29H,8-17H2,1-6H3/t18-,20+,21?,22?,23?,25+,26+,27-/m1/s1. The minimum atomic E-state index is -0.536. The molecule has 29 heavy (non-hydrogen) atoms. The molecule has 0 heterocycles. The summed E-state index contributed by atoms with van der Waals surface area (Å²) in [7, 11) is 0. The van der Waals surface area contributed by atoms with Gasteiger partial charge >= 0.3 is 0 Å². The highest BCUT2D eigenvalue weighted by Crippen LogP contribution is 2.67. The van der Waals surface area contributed by atoms with Gasteiger partial charge in [0, 0.05) is 0 Å². The van der Waals surface area contributed by atoms with Gasteiger partial charge in [0.1, 0.15) is 0 Å². The molecule has 4 aliphatic rings. The predicted octanol–water partition coefficient (Wildman–Crippen LogP) is 6.50. The molecule has 0 aromatic carbocycles. The molecule has 0 aromatic rings. The molecule has 0 radical (unpaired) electrons. The molecule has 3 saturated carbocycles. The fourth-order valence-electron chi connectivity index (χ4n) is 8.56. The Labute approximate surface area is 179 Å². The van der Waals surface area contributed by atoms with E-state index in [9.17, 15) is 10.2 Å². The number of fused-ring (bicyclic) bond motifs is 5. The number of allylic oxidation sites excluding steroid dienone is 1. The normalized spacial score (nSPS) is 48.3. The van der Waals surface area contributed by atoms with Crippen molar-refractivity contribution in [1.82, 2.24) is 0 Å². The Kier molecular flexibility index (Phi) is 5.35. The summed E-state index contributed by atoms with van der Waals surface area (Å²) >= 11 is 0. The van der Waals surface area contributed by atoms with Gasteiger partial charge in [0.05, 0.1) is 11.2 Å². The number of aliphatic hydroxyl groups is 2. The van der Waals surface area contributed by atoms with Gasteiger partial charge in [-0.3, -0.25) is 0 Å². The van der Waals surface area contributed by atoms with E-state index in [0.29, 0.717) is 16.7 Å². The summed E-state index contributed by atoms with van der Waals surface area (Å²) in [6, 6.07) is 0. The van der Waals surface area contributed by atoms with Crippen LogP contribution in [0.5, 0.6) is 0 Å². The van der Waals surface area contributed by atoms with Crippen molar-refractivity contribution in [3.63, 3.8) is 0 Å². The van der Waals surface area contributed by atoms with Crippen LogP contribution in [0.3, 0.4) is 0 Å². The molecule has 0 bridgehead atoms. The van der Waals surface area contributed by atoms with Crippen LogP contribution in [-0.4, -0.2) is 21.4 Å². The van der Waals surface area contributed by atoms with Gasteiger partial charge in [-0.25, -0.2) is 0 Å². The smallest absolute Gasteiger partial charge is 0.0657 e. The van der Waals surface area contributed by atoms with Gasteiger partial charge in [0.15, 0.2) is 0 Å². The van der Waals surface area contributed by atoms with E-state index in [1.165, 1.54) is 38.5 Å². The van der Waals surface area contributed by atoms with Gasteiger partial charge in [-0.2, -0.15) is 0 Å². The average molecular weight is 403 g/mol. The number of rotatable bonds is 4. The lowest BCUT2D eigenvalue weighted by Crippen LogP contribution is -2.52. The molecule has 2 heteroatoms. The highest BCUT2D eigenvalue weighted by molar-refractivity contribution is 5.26. The van der Waals surface area contributed by atoms with E-state index in [2.05, 4.69) is 26.8 Å². The Morgan fingerprint density at radius 1 is 1.07 bits per heavy atom. The van der Waals surface area contributed by atoms with Gasteiger partial charge < -0.3 is 10.2 Å². The number of hydrogen-bond acceptors (Lipinski definition) is 2. The third-order valence-corrected chi connectivity index (χ3v) is 10.4. The third kappa shape index (κ3) is 3.75. The minimum absolute atomic E-state index is 0.330. The van der Waals surface area contributed by atoms with Crippen LogP contribution in [0.4, 0.5) is 0 Å². The monoisotopic (exact) mass is 402 g/mol. The zero-order valence-corrected chi connectivity index (χ0v) is 19.9. The molecule has 2 N–H and O–H groups in total. The summed E-state index contributed by atoms with van der Waals surface area (Å²) in [5.74, 6) is 4.07. The molecule has 0 spiro atoms. The van der Waals surface area contributed by atoms with Crippen molar-refractivity contribution < 1.29 is 10.2 Å². The van der Waals surface area contributed by atoms with Crippen LogP contribution in [0.25, 0.3) is 0 Å². The van der Waals surface area contributed by atoms with Crippen molar-refractivity contribution >= 4 is 0 Å². The van der Waals surface area contributed by atoms with E-state index in [-0.39, 0.29) is 0 Å². The SMILES string of the molecule is C[C@H](CCC(C)(C)O)C1CCC2[C@@H]3CC=C4C[C@@](C)(O)CC[C@]4(C)C3CC[C@@]21C. The van der Waals surface area contributed by atoms with Gasteiger partial charge in [-0.1, -0.05) is 32.4 Å². The first-order valence-electron chi connectivity index (χ1n) is 12.5. The second-order valence-corrected chi connectivity index (χ2v) is 13.0. The number of hydrogen-bond donors (Lipinski definition) is 2. The zero-order valence-electron chi connectivity index (χ0n) is 19.9. The lowest BCUT2D eigenvalue weighted by molar-refractivity contribution is -0.0713. The first kappa shape index (κ1) is 21.9. The van der Waals surface area contributed by atoms with E-state index in [4.69, 9.17) is 0 Å². The molecule has 3 unspecified atom stereocenters.